The van der Waals surface area contributed by atoms with Crippen LogP contribution in [0.2, 0.25) is 0 Å². The minimum atomic E-state index is -1.00. The van der Waals surface area contributed by atoms with Gasteiger partial charge in [-0.25, -0.2) is 0 Å². The van der Waals surface area contributed by atoms with E-state index in [4.69, 9.17) is 0 Å². The van der Waals surface area contributed by atoms with E-state index in [1.807, 2.05) is 15.8 Å². The molecule has 2 N–H and O–H groups in total. The van der Waals surface area contributed by atoms with Gasteiger partial charge in [-0.15, -0.1) is 0 Å². The van der Waals surface area contributed by atoms with Crippen LogP contribution in [0.5, 0.6) is 0 Å². The first-order valence-electron chi connectivity index (χ1n) is 14.4. The number of aromatic nitrogens is 2. The Labute approximate surface area is 238 Å². The first-order chi connectivity index (χ1) is 19.8. The zero-order valence-corrected chi connectivity index (χ0v) is 23.2. The monoisotopic (exact) mass is 561 g/mol. The Kier molecular flexibility index (Phi) is 7.33. The lowest BCUT2D eigenvalue weighted by Gasteiger charge is -2.36. The number of rotatable bonds is 6. The molecule has 0 aliphatic carbocycles. The number of hydrogen-bond donors (Lipinski definition) is 2. The zero-order valence-electron chi connectivity index (χ0n) is 23.2. The van der Waals surface area contributed by atoms with Gasteiger partial charge in [0.15, 0.2) is 0 Å². The van der Waals surface area contributed by atoms with Crippen molar-refractivity contribution in [2.24, 2.45) is 5.92 Å². The number of benzene rings is 1. The summed E-state index contributed by atoms with van der Waals surface area (Å²) in [5, 5.41) is 10.1. The van der Waals surface area contributed by atoms with Crippen LogP contribution in [0, 0.1) is 5.92 Å². The van der Waals surface area contributed by atoms with E-state index in [-0.39, 0.29) is 35.9 Å². The third kappa shape index (κ3) is 5.23. The van der Waals surface area contributed by atoms with E-state index in [9.17, 15) is 24.0 Å². The Morgan fingerprint density at radius 1 is 1.00 bits per heavy atom. The Hall–Kier alpha value is -4.06. The maximum Gasteiger partial charge on any atom is 0.264 e. The number of piperidine rings is 3. The van der Waals surface area contributed by atoms with E-state index in [1.54, 1.807) is 24.4 Å². The molecule has 1 unspecified atom stereocenters. The van der Waals surface area contributed by atoms with Crippen molar-refractivity contribution in [2.45, 2.75) is 57.2 Å². The van der Waals surface area contributed by atoms with E-state index in [1.165, 1.54) is 0 Å². The molecule has 12 nitrogen and oxygen atoms in total. The molecular weight excluding hydrogens is 526 g/mol. The summed E-state index contributed by atoms with van der Waals surface area (Å²) in [6.07, 6.45) is 7.54. The summed E-state index contributed by atoms with van der Waals surface area (Å²) in [4.78, 5) is 68.6. The van der Waals surface area contributed by atoms with Gasteiger partial charge < -0.3 is 15.1 Å². The van der Waals surface area contributed by atoms with Crippen LogP contribution >= 0.6 is 0 Å². The Morgan fingerprint density at radius 3 is 2.49 bits per heavy atom. The Morgan fingerprint density at radius 2 is 1.76 bits per heavy atom. The molecule has 41 heavy (non-hydrogen) atoms. The quantitative estimate of drug-likeness (QED) is 0.505. The van der Waals surface area contributed by atoms with Crippen molar-refractivity contribution in [1.82, 2.24) is 29.8 Å². The zero-order chi connectivity index (χ0) is 28.7. The summed E-state index contributed by atoms with van der Waals surface area (Å²) in [6.45, 7) is 3.82. The SMILES string of the molecule is CN1CCC(C(=O)N2CCC(n3cc(CNc4cccc5c4C(=O)N(C4CCC(=O)NC4=O)C5=O)cn3)CC2)CC1. The second kappa shape index (κ2) is 11.1. The molecule has 4 aliphatic rings. The number of nitrogens with zero attached hydrogens (tertiary/aromatic N) is 5. The highest BCUT2D eigenvalue weighted by Crippen LogP contribution is 2.33. The average Bonchev–Trinajstić information content (AvgIpc) is 3.55. The van der Waals surface area contributed by atoms with Crippen molar-refractivity contribution in [3.8, 4) is 0 Å². The van der Waals surface area contributed by atoms with Gasteiger partial charge in [-0.1, -0.05) is 6.07 Å². The molecule has 12 heteroatoms. The van der Waals surface area contributed by atoms with Crippen molar-refractivity contribution in [3.63, 3.8) is 0 Å². The number of anilines is 1. The third-order valence-electron chi connectivity index (χ3n) is 8.82. The summed E-state index contributed by atoms with van der Waals surface area (Å²) < 4.78 is 1.96. The highest BCUT2D eigenvalue weighted by atomic mass is 16.2. The third-order valence-corrected chi connectivity index (χ3v) is 8.82. The van der Waals surface area contributed by atoms with Gasteiger partial charge in [0.25, 0.3) is 11.8 Å². The number of fused-ring (bicyclic) bond motifs is 1. The van der Waals surface area contributed by atoms with Gasteiger partial charge >= 0.3 is 0 Å². The van der Waals surface area contributed by atoms with Crippen molar-refractivity contribution in [1.29, 1.82) is 0 Å². The molecule has 4 aliphatic heterocycles. The lowest BCUT2D eigenvalue weighted by Crippen LogP contribution is -2.54. The second-order valence-electron chi connectivity index (χ2n) is 11.5. The van der Waals surface area contributed by atoms with Crippen molar-refractivity contribution < 1.29 is 24.0 Å². The minimum Gasteiger partial charge on any atom is -0.380 e. The fourth-order valence-electron chi connectivity index (χ4n) is 6.39. The molecule has 1 aromatic carbocycles. The largest absolute Gasteiger partial charge is 0.380 e. The molecule has 0 bridgehead atoms. The smallest absolute Gasteiger partial charge is 0.264 e. The van der Waals surface area contributed by atoms with Crippen LogP contribution in [0.4, 0.5) is 5.69 Å². The predicted molar refractivity (Wildman–Crippen MR) is 148 cm³/mol. The van der Waals surface area contributed by atoms with Crippen LogP contribution < -0.4 is 10.6 Å². The van der Waals surface area contributed by atoms with Crippen molar-refractivity contribution >= 4 is 35.2 Å². The molecule has 3 fully saturated rings. The van der Waals surface area contributed by atoms with Gasteiger partial charge in [-0.05, 0) is 64.4 Å². The number of likely N-dealkylation sites (tertiary alicyclic amines) is 2. The van der Waals surface area contributed by atoms with Crippen LogP contribution in [0.1, 0.15) is 70.8 Å². The number of carbonyl (C=O) groups is 5. The maximum absolute atomic E-state index is 13.3. The highest BCUT2D eigenvalue weighted by Gasteiger charge is 2.45. The summed E-state index contributed by atoms with van der Waals surface area (Å²) in [7, 11) is 2.10. The van der Waals surface area contributed by atoms with Gasteiger partial charge in [-0.2, -0.15) is 5.10 Å². The lowest BCUT2D eigenvalue weighted by atomic mass is 9.94. The van der Waals surface area contributed by atoms with Gasteiger partial charge in [0, 0.05) is 49.4 Å². The van der Waals surface area contributed by atoms with Crippen LogP contribution in [-0.4, -0.2) is 93.3 Å². The molecule has 216 valence electrons. The standard InChI is InChI=1S/C29H35N7O5/c1-33-11-7-19(8-12-33)27(39)34-13-9-20(10-14-34)35-17-18(16-31-35)15-30-22-4-2-3-21-25(22)29(41)36(28(21)40)23-5-6-24(37)32-26(23)38/h2-4,16-17,19-20,23,30H,5-15H2,1H3,(H,32,37,38). The predicted octanol–water partition coefficient (Wildman–Crippen LogP) is 1.40. The Bertz CT molecular complexity index is 1390. The summed E-state index contributed by atoms with van der Waals surface area (Å²) in [6, 6.07) is 4.23. The van der Waals surface area contributed by atoms with Gasteiger partial charge in [0.1, 0.15) is 6.04 Å². The molecule has 0 spiro atoms. The van der Waals surface area contributed by atoms with Crippen LogP contribution in [0.3, 0.4) is 0 Å². The topological polar surface area (TPSA) is 137 Å². The molecule has 3 saturated heterocycles. The first kappa shape index (κ1) is 27.1. The number of hydrogen-bond acceptors (Lipinski definition) is 8. The lowest BCUT2D eigenvalue weighted by molar-refractivity contribution is -0.138. The number of carbonyl (C=O) groups excluding carboxylic acids is 5. The van der Waals surface area contributed by atoms with E-state index < -0.39 is 29.7 Å². The van der Waals surface area contributed by atoms with Gasteiger partial charge in [0.2, 0.25) is 17.7 Å². The van der Waals surface area contributed by atoms with Gasteiger partial charge in [-0.3, -0.25) is 38.9 Å². The molecule has 1 atom stereocenters. The van der Waals surface area contributed by atoms with E-state index in [0.29, 0.717) is 18.1 Å². The first-order valence-corrected chi connectivity index (χ1v) is 14.4. The maximum atomic E-state index is 13.3. The van der Waals surface area contributed by atoms with Crippen molar-refractivity contribution in [2.75, 3.05) is 38.5 Å². The van der Waals surface area contributed by atoms with Gasteiger partial charge in [0.05, 0.1) is 23.4 Å². The molecule has 6 rings (SSSR count). The minimum absolute atomic E-state index is 0.0760. The summed E-state index contributed by atoms with van der Waals surface area (Å²) in [5.74, 6) is -1.67. The molecule has 1 aromatic heterocycles. The fraction of sp³-hybridized carbons (Fsp3) is 0.517. The molecule has 2 aromatic rings. The summed E-state index contributed by atoms with van der Waals surface area (Å²) in [5.41, 5.74) is 1.90. The number of imide groups is 2. The fourth-order valence-corrected chi connectivity index (χ4v) is 6.39. The van der Waals surface area contributed by atoms with Crippen LogP contribution in [0.15, 0.2) is 30.6 Å². The second-order valence-corrected chi connectivity index (χ2v) is 11.5. The van der Waals surface area contributed by atoms with Crippen molar-refractivity contribution in [3.05, 3.63) is 47.3 Å². The average molecular weight is 562 g/mol. The highest BCUT2D eigenvalue weighted by molar-refractivity contribution is 6.25. The van der Waals surface area contributed by atoms with E-state index >= 15 is 0 Å². The number of nitrogens with one attached hydrogen (secondary N) is 2. The molecule has 0 radical (unpaired) electrons. The molecular formula is C29H35N7O5. The Balaban J connectivity index is 1.06. The number of amides is 5. The summed E-state index contributed by atoms with van der Waals surface area (Å²) >= 11 is 0. The molecule has 5 heterocycles. The normalized spacial score (nSPS) is 22.7. The van der Waals surface area contributed by atoms with E-state index in [2.05, 4.69) is 27.7 Å². The molecule has 0 saturated carbocycles. The van der Waals surface area contributed by atoms with E-state index in [0.717, 1.165) is 62.3 Å². The molecule has 5 amide bonds. The van der Waals surface area contributed by atoms with Crippen LogP contribution in [0.25, 0.3) is 0 Å². The van der Waals surface area contributed by atoms with Crippen LogP contribution in [-0.2, 0) is 20.9 Å².